The monoisotopic (exact) mass is 523 g/mol. The lowest BCUT2D eigenvalue weighted by molar-refractivity contribution is 0.103. The minimum Gasteiger partial charge on any atom is -0.489 e. The number of amides is 1. The van der Waals surface area contributed by atoms with Crippen molar-refractivity contribution >= 4 is 22.9 Å². The van der Waals surface area contributed by atoms with Crippen LogP contribution in [-0.2, 0) is 13.2 Å². The van der Waals surface area contributed by atoms with Crippen molar-refractivity contribution < 1.29 is 41.0 Å². The zero-order chi connectivity index (χ0) is 25.4. The van der Waals surface area contributed by atoms with E-state index < -0.39 is 47.1 Å². The number of ether oxygens (including phenoxy) is 3. The van der Waals surface area contributed by atoms with E-state index in [1.54, 1.807) is 29.6 Å². The molecule has 0 radical (unpaired) electrons. The first-order valence-corrected chi connectivity index (χ1v) is 11.1. The van der Waals surface area contributed by atoms with Gasteiger partial charge in [-0.2, -0.15) is 5.10 Å². The van der Waals surface area contributed by atoms with E-state index in [1.165, 1.54) is 23.7 Å². The predicted molar refractivity (Wildman–Crippen MR) is 117 cm³/mol. The second kappa shape index (κ2) is 9.49. The summed E-state index contributed by atoms with van der Waals surface area (Å²) < 4.78 is 85.1. The fraction of sp³-hybridized carbons (Fsp3) is 0.130. The first-order valence-electron chi connectivity index (χ1n) is 10.2. The number of nitrogens with one attached hydrogen (secondary N) is 1. The first-order chi connectivity index (χ1) is 17.3. The van der Waals surface area contributed by atoms with Gasteiger partial charge in [-0.05, 0) is 23.6 Å². The summed E-state index contributed by atoms with van der Waals surface area (Å²) in [6.45, 7) is -0.386. The van der Waals surface area contributed by atoms with E-state index in [1.807, 2.05) is 0 Å². The lowest BCUT2D eigenvalue weighted by Gasteiger charge is -2.08. The molecule has 4 aromatic rings. The van der Waals surface area contributed by atoms with Crippen LogP contribution in [0.3, 0.4) is 0 Å². The molecule has 1 aliphatic rings. The molecule has 2 aromatic carbocycles. The first kappa shape index (κ1) is 23.6. The Morgan fingerprint density at radius 2 is 1.75 bits per heavy atom. The maximum Gasteiger partial charge on any atom is 0.265 e. The molecule has 0 saturated carbocycles. The van der Waals surface area contributed by atoms with Gasteiger partial charge in [0.25, 0.3) is 5.91 Å². The number of hydrogen-bond donors (Lipinski definition) is 1. The second-order valence-corrected chi connectivity index (χ2v) is 8.46. The molecular formula is C23H14F5N3O4S. The Morgan fingerprint density at radius 3 is 2.53 bits per heavy atom. The van der Waals surface area contributed by atoms with Crippen molar-refractivity contribution in [2.75, 3.05) is 12.1 Å². The third-order valence-electron chi connectivity index (χ3n) is 5.14. The summed E-state index contributed by atoms with van der Waals surface area (Å²) in [6, 6.07) is 6.80. The Kier molecular flexibility index (Phi) is 6.22. The van der Waals surface area contributed by atoms with Crippen LogP contribution in [0.5, 0.6) is 17.2 Å². The maximum atomic E-state index is 13.9. The van der Waals surface area contributed by atoms with Crippen LogP contribution in [0.1, 0.15) is 20.8 Å². The Bertz CT molecular complexity index is 1440. The van der Waals surface area contributed by atoms with Crippen LogP contribution in [0, 0.1) is 29.1 Å². The molecule has 7 nitrogen and oxygen atoms in total. The van der Waals surface area contributed by atoms with Crippen molar-refractivity contribution in [3.8, 4) is 17.2 Å². The van der Waals surface area contributed by atoms with Gasteiger partial charge in [-0.3, -0.25) is 9.48 Å². The van der Waals surface area contributed by atoms with Crippen molar-refractivity contribution in [1.82, 2.24) is 9.78 Å². The number of thiophene rings is 1. The van der Waals surface area contributed by atoms with Gasteiger partial charge in [0.15, 0.2) is 34.8 Å². The molecule has 2 aromatic heterocycles. The van der Waals surface area contributed by atoms with E-state index in [0.29, 0.717) is 22.1 Å². The minimum atomic E-state index is -2.24. The average Bonchev–Trinajstić information content (AvgIpc) is 3.63. The number of nitrogens with zero attached hydrogens (tertiary/aromatic N) is 2. The van der Waals surface area contributed by atoms with Gasteiger partial charge in [-0.25, -0.2) is 22.0 Å². The van der Waals surface area contributed by atoms with Crippen molar-refractivity contribution in [1.29, 1.82) is 0 Å². The Hall–Kier alpha value is -4.13. The molecule has 1 N–H and O–H groups in total. The SMILES string of the molecule is O=C(Nc1cnn(Cc2c(F)c(F)c(F)c(F)c2F)c1)c1cc(COc2ccc3c(c2)OCO3)cs1. The quantitative estimate of drug-likeness (QED) is 0.204. The molecule has 186 valence electrons. The summed E-state index contributed by atoms with van der Waals surface area (Å²) in [5, 5.41) is 8.12. The molecule has 1 aliphatic heterocycles. The van der Waals surface area contributed by atoms with Crippen LogP contribution < -0.4 is 19.5 Å². The number of fused-ring (bicyclic) bond motifs is 1. The largest absolute Gasteiger partial charge is 0.489 e. The minimum absolute atomic E-state index is 0.151. The number of rotatable bonds is 7. The standard InChI is InChI=1S/C23H14F5N3O4S/c24-18-14(19(25)21(27)22(28)20(18)26)7-31-6-12(5-29-31)30-23(32)17-3-11(9-36-17)8-33-13-1-2-15-16(4-13)35-10-34-15/h1-6,9H,7-8,10H2,(H,30,32). The van der Waals surface area contributed by atoms with Crippen LogP contribution in [0.4, 0.5) is 27.6 Å². The normalized spacial score (nSPS) is 12.1. The highest BCUT2D eigenvalue weighted by Crippen LogP contribution is 2.35. The molecule has 0 unspecified atom stereocenters. The van der Waals surface area contributed by atoms with Gasteiger partial charge in [0.05, 0.1) is 28.9 Å². The summed E-state index contributed by atoms with van der Waals surface area (Å²) >= 11 is 1.17. The highest BCUT2D eigenvalue weighted by molar-refractivity contribution is 7.12. The molecule has 0 aliphatic carbocycles. The van der Waals surface area contributed by atoms with Gasteiger partial charge >= 0.3 is 0 Å². The highest BCUT2D eigenvalue weighted by Gasteiger charge is 2.26. The molecule has 0 bridgehead atoms. The zero-order valence-corrected chi connectivity index (χ0v) is 18.8. The maximum absolute atomic E-state index is 13.9. The lowest BCUT2D eigenvalue weighted by atomic mass is 10.1. The molecular weight excluding hydrogens is 509 g/mol. The number of halogens is 5. The van der Waals surface area contributed by atoms with Gasteiger partial charge in [0.2, 0.25) is 12.6 Å². The van der Waals surface area contributed by atoms with E-state index in [-0.39, 0.29) is 19.1 Å². The van der Waals surface area contributed by atoms with Gasteiger partial charge in [0.1, 0.15) is 12.4 Å². The van der Waals surface area contributed by atoms with Crippen molar-refractivity contribution in [2.24, 2.45) is 0 Å². The van der Waals surface area contributed by atoms with E-state index in [9.17, 15) is 26.7 Å². The Balaban J connectivity index is 1.21. The van der Waals surface area contributed by atoms with E-state index in [0.717, 1.165) is 10.2 Å². The number of carbonyl (C=O) groups is 1. The van der Waals surface area contributed by atoms with Crippen molar-refractivity contribution in [3.63, 3.8) is 0 Å². The van der Waals surface area contributed by atoms with Gasteiger partial charge < -0.3 is 19.5 Å². The molecule has 3 heterocycles. The number of hydrogen-bond acceptors (Lipinski definition) is 6. The molecule has 0 saturated heterocycles. The molecule has 5 rings (SSSR count). The third-order valence-corrected chi connectivity index (χ3v) is 6.12. The molecule has 1 amide bonds. The topological polar surface area (TPSA) is 74.6 Å². The van der Waals surface area contributed by atoms with E-state index in [2.05, 4.69) is 10.4 Å². The van der Waals surface area contributed by atoms with Gasteiger partial charge in [-0.15, -0.1) is 11.3 Å². The number of benzene rings is 2. The lowest BCUT2D eigenvalue weighted by Crippen LogP contribution is -2.12. The Morgan fingerprint density at radius 1 is 1.03 bits per heavy atom. The molecule has 13 heteroatoms. The van der Waals surface area contributed by atoms with Crippen LogP contribution in [0.2, 0.25) is 0 Å². The summed E-state index contributed by atoms with van der Waals surface area (Å²) in [5.74, 6) is -8.91. The highest BCUT2D eigenvalue weighted by atomic mass is 32.1. The Labute approximate surface area is 203 Å². The van der Waals surface area contributed by atoms with Crippen LogP contribution in [0.25, 0.3) is 0 Å². The van der Waals surface area contributed by atoms with Crippen LogP contribution in [0.15, 0.2) is 42.0 Å². The zero-order valence-electron chi connectivity index (χ0n) is 18.0. The summed E-state index contributed by atoms with van der Waals surface area (Å²) in [6.07, 6.45) is 2.38. The fourth-order valence-electron chi connectivity index (χ4n) is 3.36. The second-order valence-electron chi connectivity index (χ2n) is 7.55. The predicted octanol–water partition coefficient (Wildman–Crippen LogP) is 5.25. The number of anilines is 1. The molecule has 0 fully saturated rings. The van der Waals surface area contributed by atoms with E-state index >= 15 is 0 Å². The molecule has 0 atom stereocenters. The summed E-state index contributed by atoms with van der Waals surface area (Å²) in [4.78, 5) is 12.9. The third kappa shape index (κ3) is 4.56. The summed E-state index contributed by atoms with van der Waals surface area (Å²) in [7, 11) is 0. The fourth-order valence-corrected chi connectivity index (χ4v) is 4.15. The van der Waals surface area contributed by atoms with E-state index in [4.69, 9.17) is 14.2 Å². The van der Waals surface area contributed by atoms with Crippen LogP contribution >= 0.6 is 11.3 Å². The molecule has 0 spiro atoms. The smallest absolute Gasteiger partial charge is 0.265 e. The average molecular weight is 523 g/mol. The van der Waals surface area contributed by atoms with Gasteiger partial charge in [-0.1, -0.05) is 0 Å². The van der Waals surface area contributed by atoms with Crippen molar-refractivity contribution in [3.05, 3.63) is 87.1 Å². The number of aromatic nitrogens is 2. The van der Waals surface area contributed by atoms with Crippen LogP contribution in [-0.4, -0.2) is 22.5 Å². The summed E-state index contributed by atoms with van der Waals surface area (Å²) in [5.41, 5.74) is -0.141. The van der Waals surface area contributed by atoms with Gasteiger partial charge in [0, 0.05) is 17.8 Å². The number of carbonyl (C=O) groups excluding carboxylic acids is 1. The van der Waals surface area contributed by atoms with Crippen molar-refractivity contribution in [2.45, 2.75) is 13.2 Å². The molecule has 36 heavy (non-hydrogen) atoms.